The van der Waals surface area contributed by atoms with E-state index in [-0.39, 0.29) is 10.6 Å². The minimum Gasteiger partial charge on any atom is -0.478 e. The van der Waals surface area contributed by atoms with Crippen LogP contribution in [0.4, 0.5) is 0 Å². The molecule has 0 spiro atoms. The van der Waals surface area contributed by atoms with Gasteiger partial charge in [0.05, 0.1) is 34.1 Å². The van der Waals surface area contributed by atoms with E-state index in [9.17, 15) is 4.79 Å². The van der Waals surface area contributed by atoms with Gasteiger partial charge in [0.1, 0.15) is 5.65 Å². The Bertz CT molecular complexity index is 1220. The molecule has 27 heavy (non-hydrogen) atoms. The van der Waals surface area contributed by atoms with Gasteiger partial charge in [0.15, 0.2) is 0 Å². The van der Waals surface area contributed by atoms with Crippen LogP contribution in [0.15, 0.2) is 67.0 Å². The predicted molar refractivity (Wildman–Crippen MR) is 103 cm³/mol. The van der Waals surface area contributed by atoms with E-state index in [0.29, 0.717) is 5.56 Å². The van der Waals surface area contributed by atoms with Gasteiger partial charge in [-0.25, -0.2) is 9.78 Å². The van der Waals surface area contributed by atoms with E-state index in [1.165, 1.54) is 6.07 Å². The molecule has 1 N–H and O–H groups in total. The first kappa shape index (κ1) is 16.8. The fourth-order valence-electron chi connectivity index (χ4n) is 2.95. The SMILES string of the molecule is N#Cc1ccc(-c2cnc3ccc(-c4ccc(C(=O)O)c(Cl)c4)cn23)cc1. The molecule has 0 aliphatic heterocycles. The molecule has 0 aliphatic carbocycles. The Hall–Kier alpha value is -3.62. The molecule has 0 amide bonds. The highest BCUT2D eigenvalue weighted by molar-refractivity contribution is 6.33. The summed E-state index contributed by atoms with van der Waals surface area (Å²) in [5, 5.41) is 18.3. The second-order valence-corrected chi connectivity index (χ2v) is 6.39. The minimum absolute atomic E-state index is 0.0717. The van der Waals surface area contributed by atoms with Crippen LogP contribution in [0.2, 0.25) is 5.02 Å². The third-order valence-corrected chi connectivity index (χ3v) is 4.66. The van der Waals surface area contributed by atoms with Gasteiger partial charge in [0.2, 0.25) is 0 Å². The maximum atomic E-state index is 11.1. The number of nitriles is 1. The van der Waals surface area contributed by atoms with E-state index < -0.39 is 5.97 Å². The third kappa shape index (κ3) is 3.03. The molecular weight excluding hydrogens is 362 g/mol. The zero-order chi connectivity index (χ0) is 19.0. The third-order valence-electron chi connectivity index (χ3n) is 4.35. The molecule has 0 bridgehead atoms. The molecule has 0 radical (unpaired) electrons. The molecule has 4 rings (SSSR count). The van der Waals surface area contributed by atoms with Crippen LogP contribution in [0.3, 0.4) is 0 Å². The Labute approximate surface area is 159 Å². The van der Waals surface area contributed by atoms with Gasteiger partial charge in [-0.05, 0) is 47.5 Å². The van der Waals surface area contributed by atoms with Crippen LogP contribution < -0.4 is 0 Å². The Balaban J connectivity index is 1.81. The molecule has 0 saturated heterocycles. The lowest BCUT2D eigenvalue weighted by atomic mass is 10.1. The summed E-state index contributed by atoms with van der Waals surface area (Å²) in [6.45, 7) is 0. The second kappa shape index (κ2) is 6.60. The molecule has 4 aromatic rings. The molecule has 0 unspecified atom stereocenters. The van der Waals surface area contributed by atoms with Crippen LogP contribution in [0.25, 0.3) is 28.0 Å². The number of benzene rings is 2. The van der Waals surface area contributed by atoms with E-state index in [1.54, 1.807) is 30.5 Å². The van der Waals surface area contributed by atoms with Crippen molar-refractivity contribution < 1.29 is 9.90 Å². The van der Waals surface area contributed by atoms with Gasteiger partial charge in [-0.1, -0.05) is 29.8 Å². The first-order chi connectivity index (χ1) is 13.1. The van der Waals surface area contributed by atoms with E-state index >= 15 is 0 Å². The summed E-state index contributed by atoms with van der Waals surface area (Å²) in [5.41, 5.74) is 4.98. The van der Waals surface area contributed by atoms with Gasteiger partial charge in [-0.3, -0.25) is 4.40 Å². The normalized spacial score (nSPS) is 10.7. The lowest BCUT2D eigenvalue weighted by Crippen LogP contribution is -1.97. The first-order valence-electron chi connectivity index (χ1n) is 8.07. The molecule has 2 heterocycles. The monoisotopic (exact) mass is 373 g/mol. The number of carbonyl (C=O) groups is 1. The molecule has 6 heteroatoms. The van der Waals surface area contributed by atoms with Crippen molar-refractivity contribution >= 4 is 23.2 Å². The number of aromatic nitrogens is 2. The van der Waals surface area contributed by atoms with Crippen molar-refractivity contribution in [1.82, 2.24) is 9.38 Å². The predicted octanol–water partition coefficient (Wildman–Crippen LogP) is 4.89. The average molecular weight is 374 g/mol. The summed E-state index contributed by atoms with van der Waals surface area (Å²) >= 11 is 6.10. The van der Waals surface area contributed by atoms with Crippen LogP contribution in [-0.4, -0.2) is 20.5 Å². The molecule has 0 aliphatic rings. The van der Waals surface area contributed by atoms with Crippen molar-refractivity contribution in [2.24, 2.45) is 0 Å². The molecule has 130 valence electrons. The Morgan fingerprint density at radius 2 is 1.74 bits per heavy atom. The summed E-state index contributed by atoms with van der Waals surface area (Å²) in [5.74, 6) is -1.06. The van der Waals surface area contributed by atoms with Gasteiger partial charge in [0, 0.05) is 11.8 Å². The zero-order valence-electron chi connectivity index (χ0n) is 13.9. The quantitative estimate of drug-likeness (QED) is 0.554. The fourth-order valence-corrected chi connectivity index (χ4v) is 3.21. The van der Waals surface area contributed by atoms with E-state index in [1.807, 2.05) is 34.9 Å². The molecule has 0 atom stereocenters. The molecule has 2 aromatic carbocycles. The summed E-state index contributed by atoms with van der Waals surface area (Å²) in [6.07, 6.45) is 3.71. The number of hydrogen-bond donors (Lipinski definition) is 1. The average Bonchev–Trinajstić information content (AvgIpc) is 3.11. The number of halogens is 1. The number of imidazole rings is 1. The molecular formula is C21H12ClN3O2. The maximum Gasteiger partial charge on any atom is 0.337 e. The highest BCUT2D eigenvalue weighted by atomic mass is 35.5. The van der Waals surface area contributed by atoms with E-state index in [4.69, 9.17) is 22.0 Å². The van der Waals surface area contributed by atoms with Gasteiger partial charge < -0.3 is 5.11 Å². The summed E-state index contributed by atoms with van der Waals surface area (Å²) in [7, 11) is 0. The van der Waals surface area contributed by atoms with Gasteiger partial charge in [-0.15, -0.1) is 0 Å². The minimum atomic E-state index is -1.06. The summed E-state index contributed by atoms with van der Waals surface area (Å²) in [4.78, 5) is 15.6. The van der Waals surface area contributed by atoms with Gasteiger partial charge in [0.25, 0.3) is 0 Å². The number of nitrogens with zero attached hydrogens (tertiary/aromatic N) is 3. The number of rotatable bonds is 3. The lowest BCUT2D eigenvalue weighted by Gasteiger charge is -2.07. The van der Waals surface area contributed by atoms with Crippen LogP contribution in [0, 0.1) is 11.3 Å². The number of pyridine rings is 1. The van der Waals surface area contributed by atoms with Crippen molar-refractivity contribution in [3.63, 3.8) is 0 Å². The van der Waals surface area contributed by atoms with Gasteiger partial charge >= 0.3 is 5.97 Å². The first-order valence-corrected chi connectivity index (χ1v) is 8.45. The number of aromatic carboxylic acids is 1. The van der Waals surface area contributed by atoms with E-state index in [0.717, 1.165) is 28.0 Å². The van der Waals surface area contributed by atoms with Crippen LogP contribution in [0.1, 0.15) is 15.9 Å². The summed E-state index contributed by atoms with van der Waals surface area (Å²) < 4.78 is 1.95. The van der Waals surface area contributed by atoms with Crippen LogP contribution in [0.5, 0.6) is 0 Å². The Kier molecular flexibility index (Phi) is 4.11. The standard InChI is InChI=1S/C21H12ClN3O2/c22-18-9-15(5-7-17(18)21(26)27)16-6-8-20-24-11-19(25(20)12-16)14-3-1-13(10-23)2-4-14/h1-9,11-12H,(H,26,27). The number of carboxylic acids is 1. The second-order valence-electron chi connectivity index (χ2n) is 5.98. The Morgan fingerprint density at radius 3 is 2.41 bits per heavy atom. The maximum absolute atomic E-state index is 11.1. The molecule has 5 nitrogen and oxygen atoms in total. The lowest BCUT2D eigenvalue weighted by molar-refractivity contribution is 0.0697. The smallest absolute Gasteiger partial charge is 0.337 e. The molecule has 0 fully saturated rings. The number of carboxylic acid groups (broad SMARTS) is 1. The number of fused-ring (bicyclic) bond motifs is 1. The zero-order valence-corrected chi connectivity index (χ0v) is 14.7. The molecule has 0 saturated carbocycles. The molecule has 2 aromatic heterocycles. The van der Waals surface area contributed by atoms with E-state index in [2.05, 4.69) is 11.1 Å². The topological polar surface area (TPSA) is 78.4 Å². The fraction of sp³-hybridized carbons (Fsp3) is 0. The van der Waals surface area contributed by atoms with Gasteiger partial charge in [-0.2, -0.15) is 5.26 Å². The highest BCUT2D eigenvalue weighted by Crippen LogP contribution is 2.28. The summed E-state index contributed by atoms with van der Waals surface area (Å²) in [6, 6.07) is 18.1. The van der Waals surface area contributed by atoms with Crippen molar-refractivity contribution in [2.45, 2.75) is 0 Å². The van der Waals surface area contributed by atoms with Crippen LogP contribution in [-0.2, 0) is 0 Å². The van der Waals surface area contributed by atoms with Crippen molar-refractivity contribution in [3.8, 4) is 28.5 Å². The number of hydrogen-bond acceptors (Lipinski definition) is 3. The van der Waals surface area contributed by atoms with Crippen LogP contribution >= 0.6 is 11.6 Å². The van der Waals surface area contributed by atoms with Crippen molar-refractivity contribution in [1.29, 1.82) is 5.26 Å². The van der Waals surface area contributed by atoms with Crippen molar-refractivity contribution in [3.05, 3.63) is 83.1 Å². The van der Waals surface area contributed by atoms with Crippen molar-refractivity contribution in [2.75, 3.05) is 0 Å². The largest absolute Gasteiger partial charge is 0.478 e. The Morgan fingerprint density at radius 1 is 1.04 bits per heavy atom. The highest BCUT2D eigenvalue weighted by Gasteiger charge is 2.11.